The van der Waals surface area contributed by atoms with Crippen LogP contribution in [-0.2, 0) is 0 Å². The molecule has 2 atom stereocenters. The van der Waals surface area contributed by atoms with Crippen LogP contribution in [0.3, 0.4) is 0 Å². The van der Waals surface area contributed by atoms with Crippen LogP contribution < -0.4 is 0 Å². The van der Waals surface area contributed by atoms with Crippen LogP contribution in [0.5, 0.6) is 0 Å². The van der Waals surface area contributed by atoms with Gasteiger partial charge in [0.15, 0.2) is 0 Å². The largest absolute Gasteiger partial charge is 0.478 e. The second kappa shape index (κ2) is 5.05. The molecular formula is C22H14O4. The average molecular weight is 342 g/mol. The van der Waals surface area contributed by atoms with Crippen molar-refractivity contribution in [3.8, 4) is 0 Å². The number of rotatable bonds is 2. The van der Waals surface area contributed by atoms with Gasteiger partial charge in [-0.3, -0.25) is 0 Å². The van der Waals surface area contributed by atoms with Crippen LogP contribution in [0.4, 0.5) is 0 Å². The summed E-state index contributed by atoms with van der Waals surface area (Å²) in [4.78, 5) is 22.9. The van der Waals surface area contributed by atoms with Crippen molar-refractivity contribution in [1.82, 2.24) is 0 Å². The average Bonchev–Trinajstić information content (AvgIpc) is 2.66. The van der Waals surface area contributed by atoms with Crippen molar-refractivity contribution in [2.45, 2.75) is 11.8 Å². The van der Waals surface area contributed by atoms with Crippen molar-refractivity contribution >= 4 is 11.9 Å². The van der Waals surface area contributed by atoms with Crippen LogP contribution in [0.1, 0.15) is 65.9 Å². The van der Waals surface area contributed by atoms with Gasteiger partial charge in [-0.2, -0.15) is 0 Å². The zero-order chi connectivity index (χ0) is 18.0. The normalized spacial score (nSPS) is 18.6. The Morgan fingerprint density at radius 2 is 0.962 bits per heavy atom. The Hall–Kier alpha value is -3.40. The minimum atomic E-state index is -0.941. The molecule has 0 fully saturated rings. The molecule has 0 amide bonds. The van der Waals surface area contributed by atoms with E-state index in [1.807, 2.05) is 24.3 Å². The number of hydrogen-bond acceptors (Lipinski definition) is 2. The molecule has 4 nitrogen and oxygen atoms in total. The molecule has 2 unspecified atom stereocenters. The van der Waals surface area contributed by atoms with E-state index < -0.39 is 11.9 Å². The number of carboxylic acid groups (broad SMARTS) is 2. The van der Waals surface area contributed by atoms with Crippen LogP contribution >= 0.6 is 0 Å². The van der Waals surface area contributed by atoms with E-state index in [1.54, 1.807) is 24.3 Å². The summed E-state index contributed by atoms with van der Waals surface area (Å²) in [5.41, 5.74) is 7.03. The maximum Gasteiger partial charge on any atom is 0.335 e. The number of benzene rings is 3. The Kier molecular flexibility index (Phi) is 2.89. The molecule has 2 bridgehead atoms. The van der Waals surface area contributed by atoms with Crippen molar-refractivity contribution < 1.29 is 19.8 Å². The topological polar surface area (TPSA) is 74.6 Å². The van der Waals surface area contributed by atoms with Gasteiger partial charge in [-0.05, 0) is 57.6 Å². The first-order chi connectivity index (χ1) is 12.6. The second-order valence-electron chi connectivity index (χ2n) is 6.79. The van der Waals surface area contributed by atoms with Crippen LogP contribution in [0.15, 0.2) is 60.7 Å². The Morgan fingerprint density at radius 3 is 1.35 bits per heavy atom. The maximum atomic E-state index is 11.4. The first kappa shape index (κ1) is 14.9. The van der Waals surface area contributed by atoms with Gasteiger partial charge in [-0.1, -0.05) is 36.4 Å². The van der Waals surface area contributed by atoms with Gasteiger partial charge in [0.25, 0.3) is 0 Å². The molecule has 2 N–H and O–H groups in total. The monoisotopic (exact) mass is 342 g/mol. The molecule has 3 aromatic rings. The van der Waals surface area contributed by atoms with E-state index in [9.17, 15) is 19.8 Å². The molecule has 3 aliphatic rings. The number of hydrogen-bond donors (Lipinski definition) is 2. The Balaban J connectivity index is 1.83. The summed E-state index contributed by atoms with van der Waals surface area (Å²) in [5, 5.41) is 18.8. The fourth-order valence-electron chi connectivity index (χ4n) is 4.48. The number of carbonyl (C=O) groups is 2. The first-order valence-corrected chi connectivity index (χ1v) is 8.39. The van der Waals surface area contributed by atoms with Gasteiger partial charge < -0.3 is 10.2 Å². The minimum Gasteiger partial charge on any atom is -0.478 e. The summed E-state index contributed by atoms with van der Waals surface area (Å²) in [5.74, 6) is -2.01. The molecule has 0 saturated carbocycles. The maximum absolute atomic E-state index is 11.4. The molecule has 0 saturated heterocycles. The van der Waals surface area contributed by atoms with Gasteiger partial charge in [0.2, 0.25) is 0 Å². The molecule has 3 aromatic carbocycles. The molecule has 3 aliphatic carbocycles. The molecule has 26 heavy (non-hydrogen) atoms. The Labute approximate surface area is 149 Å². The lowest BCUT2D eigenvalue weighted by molar-refractivity contribution is 0.0685. The molecule has 0 aliphatic heterocycles. The van der Waals surface area contributed by atoms with Gasteiger partial charge in [0.05, 0.1) is 11.1 Å². The van der Waals surface area contributed by atoms with Gasteiger partial charge in [0, 0.05) is 11.8 Å². The third-order valence-electron chi connectivity index (χ3n) is 5.53. The third kappa shape index (κ3) is 1.84. The molecular weight excluding hydrogens is 328 g/mol. The summed E-state index contributed by atoms with van der Waals surface area (Å²) in [6.07, 6.45) is 0. The zero-order valence-corrected chi connectivity index (χ0v) is 13.6. The predicted octanol–water partition coefficient (Wildman–Crippen LogP) is 4.07. The quantitative estimate of drug-likeness (QED) is 0.507. The van der Waals surface area contributed by atoms with Crippen molar-refractivity contribution in [2.75, 3.05) is 0 Å². The fourth-order valence-corrected chi connectivity index (χ4v) is 4.48. The molecule has 4 heteroatoms. The van der Waals surface area contributed by atoms with E-state index in [0.29, 0.717) is 0 Å². The highest BCUT2D eigenvalue weighted by Gasteiger charge is 2.41. The Bertz CT molecular complexity index is 1020. The highest BCUT2D eigenvalue weighted by Crippen LogP contribution is 2.55. The van der Waals surface area contributed by atoms with Crippen LogP contribution in [0, 0.1) is 0 Å². The van der Waals surface area contributed by atoms with Crippen molar-refractivity contribution in [3.05, 3.63) is 105 Å². The van der Waals surface area contributed by atoms with Gasteiger partial charge in [0.1, 0.15) is 0 Å². The van der Waals surface area contributed by atoms with Crippen molar-refractivity contribution in [1.29, 1.82) is 0 Å². The van der Waals surface area contributed by atoms with Crippen molar-refractivity contribution in [2.24, 2.45) is 0 Å². The lowest BCUT2D eigenvalue weighted by Crippen LogP contribution is -2.28. The van der Waals surface area contributed by atoms with E-state index >= 15 is 0 Å². The summed E-state index contributed by atoms with van der Waals surface area (Å²) in [6.45, 7) is 0. The minimum absolute atomic E-state index is 0.0663. The Morgan fingerprint density at radius 1 is 0.577 bits per heavy atom. The molecule has 126 valence electrons. The lowest BCUT2D eigenvalue weighted by Gasteiger charge is -2.42. The van der Waals surface area contributed by atoms with E-state index in [2.05, 4.69) is 12.1 Å². The van der Waals surface area contributed by atoms with Gasteiger partial charge >= 0.3 is 11.9 Å². The van der Waals surface area contributed by atoms with Gasteiger partial charge in [-0.25, -0.2) is 9.59 Å². The summed E-state index contributed by atoms with van der Waals surface area (Å²) in [7, 11) is 0. The molecule has 0 radical (unpaired) electrons. The lowest BCUT2D eigenvalue weighted by atomic mass is 9.61. The third-order valence-corrected chi connectivity index (χ3v) is 5.53. The summed E-state index contributed by atoms with van der Waals surface area (Å²) in [6, 6.07) is 18.7. The fraction of sp³-hybridized carbons (Fsp3) is 0.0909. The number of carboxylic acids is 2. The molecule has 0 spiro atoms. The van der Waals surface area contributed by atoms with E-state index in [1.165, 1.54) is 11.1 Å². The standard InChI is InChI=1S/C22H14O4/c23-21(24)11-6-8-16-17(9-11)19-13-3-1-2-4-14(13)20(16)18-10-12(22(25)26)5-7-15(18)19/h1-10,19-20H,(H,23,24)(H,25,26). The molecule has 0 aromatic heterocycles. The first-order valence-electron chi connectivity index (χ1n) is 8.39. The number of aromatic carboxylic acids is 2. The van der Waals surface area contributed by atoms with Crippen LogP contribution in [0.2, 0.25) is 0 Å². The highest BCUT2D eigenvalue weighted by molar-refractivity contribution is 5.90. The van der Waals surface area contributed by atoms with E-state index in [0.717, 1.165) is 22.3 Å². The zero-order valence-electron chi connectivity index (χ0n) is 13.6. The van der Waals surface area contributed by atoms with Crippen LogP contribution in [0.25, 0.3) is 0 Å². The highest BCUT2D eigenvalue weighted by atomic mass is 16.4. The van der Waals surface area contributed by atoms with E-state index in [4.69, 9.17) is 0 Å². The predicted molar refractivity (Wildman–Crippen MR) is 95.1 cm³/mol. The van der Waals surface area contributed by atoms with Crippen molar-refractivity contribution in [3.63, 3.8) is 0 Å². The smallest absolute Gasteiger partial charge is 0.335 e. The van der Waals surface area contributed by atoms with Gasteiger partial charge in [-0.15, -0.1) is 0 Å². The SMILES string of the molecule is O=C(O)c1ccc2c(c1)C1c3ccccc3C2c2cc(C(=O)O)ccc21. The van der Waals surface area contributed by atoms with Crippen LogP contribution in [-0.4, -0.2) is 22.2 Å². The second-order valence-corrected chi connectivity index (χ2v) is 6.79. The summed E-state index contributed by atoms with van der Waals surface area (Å²) >= 11 is 0. The molecule has 6 rings (SSSR count). The summed E-state index contributed by atoms with van der Waals surface area (Å²) < 4.78 is 0. The van der Waals surface area contributed by atoms with E-state index in [-0.39, 0.29) is 23.0 Å². The molecule has 0 heterocycles.